The molecule has 0 bridgehead atoms. The number of aliphatic hydroxyl groups is 2. The van der Waals surface area contributed by atoms with Gasteiger partial charge in [0, 0.05) is 0 Å². The molecule has 0 atom stereocenters. The molecule has 0 aromatic carbocycles. The van der Waals surface area contributed by atoms with Crippen molar-refractivity contribution in [2.75, 3.05) is 39.4 Å². The Morgan fingerprint density at radius 2 is 0.900 bits per heavy atom. The Kier molecular flexibility index (Phi) is 27.3. The molecule has 0 saturated carbocycles. The van der Waals surface area contributed by atoms with Crippen molar-refractivity contribution >= 4 is 0 Å². The van der Waals surface area contributed by atoms with Gasteiger partial charge >= 0.3 is 0 Å². The van der Waals surface area contributed by atoms with Gasteiger partial charge in [-0.05, 0) is 44.9 Å². The van der Waals surface area contributed by atoms with E-state index in [1.54, 1.807) is 0 Å². The zero-order chi connectivity index (χ0) is 21.5. The Hall–Kier alpha value is 0.100. The maximum Gasteiger partial charge on any atom is 0.102 e. The van der Waals surface area contributed by atoms with Crippen LogP contribution in [-0.2, 0) is 0 Å². The molecule has 0 amide bonds. The van der Waals surface area contributed by atoms with Crippen LogP contribution in [0.2, 0.25) is 0 Å². The lowest BCUT2D eigenvalue weighted by Gasteiger charge is -2.38. The van der Waals surface area contributed by atoms with Gasteiger partial charge in [-0.2, -0.15) is 0 Å². The molecular weight excluding hydrogens is 438 g/mol. The van der Waals surface area contributed by atoms with Gasteiger partial charge in [0.05, 0.1) is 26.3 Å². The number of hydrogen-bond acceptors (Lipinski definition) is 2. The molecule has 2 N–H and O–H groups in total. The number of nitrogens with zero attached hydrogens (tertiary/aromatic N) is 1. The summed E-state index contributed by atoms with van der Waals surface area (Å²) in [7, 11) is 0. The first-order valence-electron chi connectivity index (χ1n) is 13.0. The van der Waals surface area contributed by atoms with Crippen LogP contribution in [0.1, 0.15) is 117 Å². The topological polar surface area (TPSA) is 40.5 Å². The highest BCUT2D eigenvalue weighted by atomic mass is 79.9. The molecule has 4 heteroatoms. The van der Waals surface area contributed by atoms with Crippen LogP contribution in [0.5, 0.6) is 0 Å². The molecule has 0 unspecified atom stereocenters. The summed E-state index contributed by atoms with van der Waals surface area (Å²) in [4.78, 5) is 0. The van der Waals surface area contributed by atoms with E-state index in [0.29, 0.717) is 0 Å². The van der Waals surface area contributed by atoms with Crippen LogP contribution in [0.25, 0.3) is 0 Å². The molecule has 182 valence electrons. The summed E-state index contributed by atoms with van der Waals surface area (Å²) in [6.45, 7) is 8.77. The van der Waals surface area contributed by atoms with Gasteiger partial charge in [-0.1, -0.05) is 83.8 Å². The summed E-state index contributed by atoms with van der Waals surface area (Å²) >= 11 is 0. The number of halogens is 1. The van der Waals surface area contributed by atoms with Crippen LogP contribution in [-0.4, -0.2) is 54.1 Å². The van der Waals surface area contributed by atoms with Crippen molar-refractivity contribution in [3.05, 3.63) is 12.2 Å². The normalized spacial score (nSPS) is 11.9. The van der Waals surface area contributed by atoms with Gasteiger partial charge in [-0.3, -0.25) is 0 Å². The minimum atomic E-state index is 0. The number of rotatable bonds is 23. The molecule has 0 aromatic rings. The fourth-order valence-electron chi connectivity index (χ4n) is 4.28. The standard InChI is InChI=1S/C26H54NO2.BrH/c1-3-5-7-8-9-10-11-12-13-14-15-16-17-18-19-20-22-27(23-25-28,24-26-29)21-6-4-2;/h12-13,28-29H,3-11,14-26H2,1-2H3;1H/q+1;/p-1/b13-12-;. The lowest BCUT2D eigenvalue weighted by Crippen LogP contribution is -3.00. The molecular formula is C26H54BrNO2. The lowest BCUT2D eigenvalue weighted by molar-refractivity contribution is -0.929. The molecule has 0 aliphatic heterocycles. The van der Waals surface area contributed by atoms with E-state index in [9.17, 15) is 10.2 Å². The summed E-state index contributed by atoms with van der Waals surface area (Å²) < 4.78 is 0.907. The zero-order valence-corrected chi connectivity index (χ0v) is 22.0. The highest BCUT2D eigenvalue weighted by Gasteiger charge is 2.25. The van der Waals surface area contributed by atoms with Gasteiger partial charge in [-0.25, -0.2) is 0 Å². The predicted molar refractivity (Wildman–Crippen MR) is 128 cm³/mol. The molecule has 3 nitrogen and oxygen atoms in total. The molecule has 0 fully saturated rings. The summed E-state index contributed by atoms with van der Waals surface area (Å²) in [5.41, 5.74) is 0. The molecule has 0 saturated heterocycles. The van der Waals surface area contributed by atoms with Gasteiger partial charge in [-0.15, -0.1) is 0 Å². The smallest absolute Gasteiger partial charge is 0.102 e. The van der Waals surface area contributed by atoms with Gasteiger partial charge < -0.3 is 31.7 Å². The zero-order valence-electron chi connectivity index (χ0n) is 20.4. The Morgan fingerprint density at radius 1 is 0.500 bits per heavy atom. The average molecular weight is 493 g/mol. The molecule has 0 radical (unpaired) electrons. The second kappa shape index (κ2) is 25.4. The van der Waals surface area contributed by atoms with Crippen molar-refractivity contribution in [3.63, 3.8) is 0 Å². The summed E-state index contributed by atoms with van der Waals surface area (Å²) in [5, 5.41) is 18.9. The summed E-state index contributed by atoms with van der Waals surface area (Å²) in [6, 6.07) is 0. The Labute approximate surface area is 199 Å². The number of allylic oxidation sites excluding steroid dienone is 2. The summed E-state index contributed by atoms with van der Waals surface area (Å²) in [5.74, 6) is 0. The van der Waals surface area contributed by atoms with Crippen LogP contribution in [0.4, 0.5) is 0 Å². The third kappa shape index (κ3) is 20.0. The molecule has 0 rings (SSSR count). The number of aliphatic hydroxyl groups excluding tert-OH is 2. The number of hydrogen-bond donors (Lipinski definition) is 2. The van der Waals surface area contributed by atoms with E-state index in [4.69, 9.17) is 0 Å². The highest BCUT2D eigenvalue weighted by molar-refractivity contribution is 4.81. The Bertz CT molecular complexity index is 344. The van der Waals surface area contributed by atoms with Crippen molar-refractivity contribution in [1.29, 1.82) is 0 Å². The van der Waals surface area contributed by atoms with Crippen molar-refractivity contribution < 1.29 is 31.7 Å². The molecule has 0 spiro atoms. The SMILES string of the molecule is CCCCCCCC/C=C\CCCCCCCC[N+](CCO)(CCO)CCCC.[Br-]. The monoisotopic (exact) mass is 491 g/mol. The first-order valence-corrected chi connectivity index (χ1v) is 13.0. The fraction of sp³-hybridized carbons (Fsp3) is 0.923. The van der Waals surface area contributed by atoms with E-state index in [1.807, 2.05) is 0 Å². The largest absolute Gasteiger partial charge is 1.00 e. The Balaban J connectivity index is 0. The van der Waals surface area contributed by atoms with Crippen LogP contribution in [0, 0.1) is 0 Å². The van der Waals surface area contributed by atoms with Crippen molar-refractivity contribution in [2.45, 2.75) is 117 Å². The van der Waals surface area contributed by atoms with E-state index < -0.39 is 0 Å². The maximum absolute atomic E-state index is 9.46. The maximum atomic E-state index is 9.46. The van der Waals surface area contributed by atoms with Crippen LogP contribution in [0.15, 0.2) is 12.2 Å². The number of quaternary nitrogens is 1. The molecule has 0 aromatic heterocycles. The van der Waals surface area contributed by atoms with E-state index in [1.165, 1.54) is 103 Å². The van der Waals surface area contributed by atoms with Crippen LogP contribution in [0.3, 0.4) is 0 Å². The highest BCUT2D eigenvalue weighted by Crippen LogP contribution is 2.14. The quantitative estimate of drug-likeness (QED) is 0.130. The molecule has 0 heterocycles. The second-order valence-corrected chi connectivity index (χ2v) is 8.97. The third-order valence-electron chi connectivity index (χ3n) is 6.28. The van der Waals surface area contributed by atoms with E-state index in [-0.39, 0.29) is 30.2 Å². The van der Waals surface area contributed by atoms with E-state index >= 15 is 0 Å². The lowest BCUT2D eigenvalue weighted by atomic mass is 10.1. The van der Waals surface area contributed by atoms with Crippen LogP contribution < -0.4 is 17.0 Å². The predicted octanol–water partition coefficient (Wildman–Crippen LogP) is 3.63. The third-order valence-corrected chi connectivity index (χ3v) is 6.28. The van der Waals surface area contributed by atoms with Crippen molar-refractivity contribution in [3.8, 4) is 0 Å². The first kappa shape index (κ1) is 32.3. The molecule has 0 aliphatic rings. The van der Waals surface area contributed by atoms with E-state index in [2.05, 4.69) is 26.0 Å². The van der Waals surface area contributed by atoms with Gasteiger partial charge in [0.1, 0.15) is 13.1 Å². The van der Waals surface area contributed by atoms with Crippen molar-refractivity contribution in [1.82, 2.24) is 0 Å². The fourth-order valence-corrected chi connectivity index (χ4v) is 4.28. The van der Waals surface area contributed by atoms with Gasteiger partial charge in [0.25, 0.3) is 0 Å². The summed E-state index contributed by atoms with van der Waals surface area (Å²) in [6.07, 6.45) is 25.9. The minimum Gasteiger partial charge on any atom is -1.00 e. The van der Waals surface area contributed by atoms with Gasteiger partial charge in [0.15, 0.2) is 0 Å². The minimum absolute atomic E-state index is 0. The molecule has 30 heavy (non-hydrogen) atoms. The van der Waals surface area contributed by atoms with E-state index in [0.717, 1.165) is 30.7 Å². The van der Waals surface area contributed by atoms with Gasteiger partial charge in [0.2, 0.25) is 0 Å². The average Bonchev–Trinajstić information content (AvgIpc) is 2.72. The molecule has 0 aliphatic carbocycles. The number of unbranched alkanes of at least 4 members (excludes halogenated alkanes) is 13. The Morgan fingerprint density at radius 3 is 1.37 bits per heavy atom. The van der Waals surface area contributed by atoms with Crippen LogP contribution >= 0.6 is 0 Å². The second-order valence-electron chi connectivity index (χ2n) is 8.97. The van der Waals surface area contributed by atoms with Crippen molar-refractivity contribution in [2.24, 2.45) is 0 Å². The first-order chi connectivity index (χ1) is 14.2.